The van der Waals surface area contributed by atoms with Crippen LogP contribution in [-0.2, 0) is 12.8 Å². The van der Waals surface area contributed by atoms with Gasteiger partial charge in [-0.3, -0.25) is 0 Å². The van der Waals surface area contributed by atoms with E-state index in [0.717, 1.165) is 55.9 Å². The molecule has 2 aromatic rings. The van der Waals surface area contributed by atoms with Gasteiger partial charge >= 0.3 is 6.03 Å². The molecule has 0 spiro atoms. The summed E-state index contributed by atoms with van der Waals surface area (Å²) in [6.07, 6.45) is 8.30. The Hall–Kier alpha value is -2.54. The van der Waals surface area contributed by atoms with Gasteiger partial charge in [-0.25, -0.2) is 9.78 Å². The van der Waals surface area contributed by atoms with Crippen molar-refractivity contribution in [1.82, 2.24) is 15.3 Å². The predicted octanol–water partition coefficient (Wildman–Crippen LogP) is 4.93. The van der Waals surface area contributed by atoms with Crippen LogP contribution in [0, 0.1) is 6.92 Å². The molecule has 32 heavy (non-hydrogen) atoms. The van der Waals surface area contributed by atoms with Gasteiger partial charge in [-0.05, 0) is 76.0 Å². The summed E-state index contributed by atoms with van der Waals surface area (Å²) in [4.78, 5) is 24.1. The molecule has 2 aliphatic carbocycles. The molecule has 0 atom stereocenters. The molecule has 8 heteroatoms. The maximum absolute atomic E-state index is 12.4. The van der Waals surface area contributed by atoms with E-state index in [0.29, 0.717) is 16.8 Å². The van der Waals surface area contributed by atoms with Crippen molar-refractivity contribution in [2.24, 2.45) is 0 Å². The average molecular weight is 457 g/mol. The molecule has 7 nitrogen and oxygen atoms in total. The van der Waals surface area contributed by atoms with Crippen LogP contribution in [-0.4, -0.2) is 42.2 Å². The highest BCUT2D eigenvalue weighted by molar-refractivity contribution is 6.31. The summed E-state index contributed by atoms with van der Waals surface area (Å²) in [6, 6.07) is 5.84. The van der Waals surface area contributed by atoms with Crippen LogP contribution in [0.3, 0.4) is 0 Å². The number of nitrogens with zero attached hydrogens (tertiary/aromatic N) is 3. The molecule has 1 saturated carbocycles. The lowest BCUT2D eigenvalue weighted by molar-refractivity contribution is 0.243. The maximum atomic E-state index is 12.4. The van der Waals surface area contributed by atoms with Gasteiger partial charge in [0.15, 0.2) is 0 Å². The molecular weight excluding hydrogens is 424 g/mol. The minimum atomic E-state index is -0.185. The number of amides is 2. The number of carbonyl (C=O) groups excluding carboxylic acids is 1. The van der Waals surface area contributed by atoms with Crippen LogP contribution in [0.4, 0.5) is 22.2 Å². The zero-order valence-electron chi connectivity index (χ0n) is 19.2. The lowest BCUT2D eigenvalue weighted by Crippen LogP contribution is -2.42. The smallest absolute Gasteiger partial charge is 0.319 e. The standard InChI is InChI=1S/C24H33ClN6O/c1-15-8-9-18(14-20(15)25)28-24(32)27-17-12-10-16(11-13-17)26-23-29-21-7-5-4-6-19(21)22(30-23)31(2)3/h8-9,14,16-17H,4-7,10-13H2,1-3H3,(H,26,29,30)(H2,27,28,32)/t16-,17+. The zero-order chi connectivity index (χ0) is 22.7. The number of nitrogens with one attached hydrogen (secondary N) is 3. The van der Waals surface area contributed by atoms with Gasteiger partial charge in [-0.15, -0.1) is 0 Å². The van der Waals surface area contributed by atoms with Crippen molar-refractivity contribution < 1.29 is 4.79 Å². The van der Waals surface area contributed by atoms with E-state index in [1.807, 2.05) is 33.2 Å². The van der Waals surface area contributed by atoms with E-state index in [4.69, 9.17) is 21.6 Å². The molecule has 1 fully saturated rings. The summed E-state index contributed by atoms with van der Waals surface area (Å²) in [5.74, 6) is 1.78. The van der Waals surface area contributed by atoms with Crippen molar-refractivity contribution in [2.75, 3.05) is 29.6 Å². The number of fused-ring (bicyclic) bond motifs is 1. The van der Waals surface area contributed by atoms with E-state index in [1.165, 1.54) is 24.1 Å². The van der Waals surface area contributed by atoms with Gasteiger partial charge in [0.25, 0.3) is 0 Å². The van der Waals surface area contributed by atoms with Gasteiger partial charge in [0.1, 0.15) is 5.82 Å². The van der Waals surface area contributed by atoms with Crippen LogP contribution in [0.25, 0.3) is 0 Å². The Bertz CT molecular complexity index is 971. The number of aromatic nitrogens is 2. The highest BCUT2D eigenvalue weighted by Crippen LogP contribution is 2.29. The summed E-state index contributed by atoms with van der Waals surface area (Å²) < 4.78 is 0. The molecule has 1 aromatic heterocycles. The minimum Gasteiger partial charge on any atom is -0.362 e. The first-order chi connectivity index (χ1) is 15.4. The van der Waals surface area contributed by atoms with Crippen molar-refractivity contribution in [3.8, 4) is 0 Å². The van der Waals surface area contributed by atoms with E-state index in [-0.39, 0.29) is 12.1 Å². The van der Waals surface area contributed by atoms with Crippen LogP contribution < -0.4 is 20.9 Å². The number of aryl methyl sites for hydroxylation is 2. The van der Waals surface area contributed by atoms with Gasteiger partial charge in [0.2, 0.25) is 5.95 Å². The minimum absolute atomic E-state index is 0.163. The lowest BCUT2D eigenvalue weighted by atomic mass is 9.91. The maximum Gasteiger partial charge on any atom is 0.319 e. The first-order valence-electron chi connectivity index (χ1n) is 11.6. The Morgan fingerprint density at radius 2 is 1.78 bits per heavy atom. The number of hydrogen-bond acceptors (Lipinski definition) is 5. The number of hydrogen-bond donors (Lipinski definition) is 3. The van der Waals surface area contributed by atoms with Gasteiger partial charge in [0, 0.05) is 42.5 Å². The molecule has 0 unspecified atom stereocenters. The van der Waals surface area contributed by atoms with Crippen molar-refractivity contribution in [3.63, 3.8) is 0 Å². The van der Waals surface area contributed by atoms with Gasteiger partial charge < -0.3 is 20.9 Å². The SMILES string of the molecule is Cc1ccc(NC(=O)N[C@H]2CC[C@@H](Nc3nc4c(c(N(C)C)n3)CCCC4)CC2)cc1Cl. The summed E-state index contributed by atoms with van der Waals surface area (Å²) in [5.41, 5.74) is 4.19. The molecule has 0 aliphatic heterocycles. The second kappa shape index (κ2) is 9.94. The third-order valence-corrected chi connectivity index (χ3v) is 6.82. The Morgan fingerprint density at radius 1 is 1.06 bits per heavy atom. The fraction of sp³-hybridized carbons (Fsp3) is 0.542. The molecular formula is C24H33ClN6O. The monoisotopic (exact) mass is 456 g/mol. The Kier molecular flexibility index (Phi) is 7.04. The van der Waals surface area contributed by atoms with Crippen LogP contribution >= 0.6 is 11.6 Å². The van der Waals surface area contributed by atoms with E-state index in [1.54, 1.807) is 6.07 Å². The van der Waals surface area contributed by atoms with Crippen LogP contribution in [0.15, 0.2) is 18.2 Å². The second-order valence-electron chi connectivity index (χ2n) is 9.15. The highest BCUT2D eigenvalue weighted by Gasteiger charge is 2.25. The highest BCUT2D eigenvalue weighted by atomic mass is 35.5. The van der Waals surface area contributed by atoms with Crippen molar-refractivity contribution in [3.05, 3.63) is 40.0 Å². The number of urea groups is 1. The van der Waals surface area contributed by atoms with Crippen LogP contribution in [0.1, 0.15) is 55.3 Å². The quantitative estimate of drug-likeness (QED) is 0.594. The molecule has 1 aromatic carbocycles. The van der Waals surface area contributed by atoms with Crippen molar-refractivity contribution in [1.29, 1.82) is 0 Å². The van der Waals surface area contributed by atoms with Gasteiger partial charge in [-0.1, -0.05) is 17.7 Å². The third kappa shape index (κ3) is 5.44. The Labute approximate surface area is 195 Å². The fourth-order valence-corrected chi connectivity index (χ4v) is 4.78. The molecule has 0 radical (unpaired) electrons. The van der Waals surface area contributed by atoms with Crippen molar-refractivity contribution >= 4 is 35.1 Å². The van der Waals surface area contributed by atoms with E-state index >= 15 is 0 Å². The van der Waals surface area contributed by atoms with E-state index in [2.05, 4.69) is 20.9 Å². The lowest BCUT2D eigenvalue weighted by Gasteiger charge is -2.30. The van der Waals surface area contributed by atoms with Gasteiger partial charge in [0.05, 0.1) is 5.69 Å². The fourth-order valence-electron chi connectivity index (χ4n) is 4.60. The summed E-state index contributed by atoms with van der Waals surface area (Å²) in [6.45, 7) is 1.94. The second-order valence-corrected chi connectivity index (χ2v) is 9.56. The molecule has 172 valence electrons. The summed E-state index contributed by atoms with van der Waals surface area (Å²) in [7, 11) is 4.10. The van der Waals surface area contributed by atoms with Crippen molar-refractivity contribution in [2.45, 2.75) is 70.4 Å². The molecule has 3 N–H and O–H groups in total. The Morgan fingerprint density at radius 3 is 2.50 bits per heavy atom. The first-order valence-corrected chi connectivity index (χ1v) is 11.9. The van der Waals surface area contributed by atoms with E-state index in [9.17, 15) is 4.79 Å². The molecule has 0 saturated heterocycles. The van der Waals surface area contributed by atoms with Gasteiger partial charge in [-0.2, -0.15) is 4.98 Å². The third-order valence-electron chi connectivity index (χ3n) is 6.41. The molecule has 2 amide bonds. The van der Waals surface area contributed by atoms with Crippen LogP contribution in [0.2, 0.25) is 5.02 Å². The normalized spacial score (nSPS) is 20.2. The first kappa shape index (κ1) is 22.6. The number of rotatable bonds is 5. The van der Waals surface area contributed by atoms with E-state index < -0.39 is 0 Å². The number of anilines is 3. The predicted molar refractivity (Wildman–Crippen MR) is 131 cm³/mol. The average Bonchev–Trinajstić information content (AvgIpc) is 2.77. The number of carbonyl (C=O) groups is 1. The topological polar surface area (TPSA) is 82.2 Å². The Balaban J connectivity index is 1.30. The zero-order valence-corrected chi connectivity index (χ0v) is 19.9. The number of halogens is 1. The molecule has 4 rings (SSSR count). The van der Waals surface area contributed by atoms with Crippen LogP contribution in [0.5, 0.6) is 0 Å². The molecule has 2 aliphatic rings. The molecule has 0 bridgehead atoms. The number of benzene rings is 1. The largest absolute Gasteiger partial charge is 0.362 e. The summed E-state index contributed by atoms with van der Waals surface area (Å²) in [5, 5.41) is 10.2. The summed E-state index contributed by atoms with van der Waals surface area (Å²) >= 11 is 6.15. The molecule has 1 heterocycles.